The quantitative estimate of drug-likeness (QED) is 0.871. The fourth-order valence-electron chi connectivity index (χ4n) is 2.63. The van der Waals surface area contributed by atoms with Crippen molar-refractivity contribution in [1.82, 2.24) is 10.1 Å². The highest BCUT2D eigenvalue weighted by Gasteiger charge is 2.26. The Labute approximate surface area is 122 Å². The first-order valence-corrected chi connectivity index (χ1v) is 7.20. The molecular weight excluding hydrogens is 271 g/mol. The summed E-state index contributed by atoms with van der Waals surface area (Å²) in [4.78, 5) is 13.9. The van der Waals surface area contributed by atoms with Gasteiger partial charge in [-0.2, -0.15) is 0 Å². The van der Waals surface area contributed by atoms with Crippen LogP contribution in [0.4, 0.5) is 4.39 Å². The standard InChI is InChI=1S/C16H17FN2O2/c1-2-3-15(20)19-9-8-14-13(10-19)16(21-18-14)11-4-6-12(17)7-5-11/h4-7H,2-3,8-10H2,1H3. The number of aromatic nitrogens is 1. The first kappa shape index (κ1) is 13.8. The van der Waals surface area contributed by atoms with Crippen LogP contribution in [0.15, 0.2) is 28.8 Å². The minimum atomic E-state index is -0.285. The van der Waals surface area contributed by atoms with Gasteiger partial charge in [-0.25, -0.2) is 4.39 Å². The number of carbonyl (C=O) groups is 1. The molecule has 2 aromatic rings. The Bertz CT molecular complexity index is 649. The Morgan fingerprint density at radius 2 is 2.14 bits per heavy atom. The summed E-state index contributed by atoms with van der Waals surface area (Å²) in [5.74, 6) is 0.514. The van der Waals surface area contributed by atoms with E-state index in [1.807, 2.05) is 11.8 Å². The minimum Gasteiger partial charge on any atom is -0.356 e. The molecule has 4 nitrogen and oxygen atoms in total. The van der Waals surface area contributed by atoms with Gasteiger partial charge in [0.05, 0.1) is 12.2 Å². The van der Waals surface area contributed by atoms with Gasteiger partial charge in [-0.3, -0.25) is 4.79 Å². The molecule has 0 saturated carbocycles. The van der Waals surface area contributed by atoms with Gasteiger partial charge >= 0.3 is 0 Å². The molecule has 110 valence electrons. The first-order chi connectivity index (χ1) is 10.2. The highest BCUT2D eigenvalue weighted by Crippen LogP contribution is 2.30. The lowest BCUT2D eigenvalue weighted by atomic mass is 10.0. The fraction of sp³-hybridized carbons (Fsp3) is 0.375. The number of carbonyl (C=O) groups excluding carboxylic acids is 1. The molecule has 1 amide bonds. The average molecular weight is 288 g/mol. The molecule has 0 saturated heterocycles. The third-order valence-corrected chi connectivity index (χ3v) is 3.76. The molecule has 0 unspecified atom stereocenters. The Morgan fingerprint density at radius 1 is 1.38 bits per heavy atom. The Morgan fingerprint density at radius 3 is 2.86 bits per heavy atom. The summed E-state index contributed by atoms with van der Waals surface area (Å²) in [7, 11) is 0. The normalized spacial score (nSPS) is 14.1. The van der Waals surface area contributed by atoms with Crippen LogP contribution in [0, 0.1) is 5.82 Å². The van der Waals surface area contributed by atoms with Crippen molar-refractivity contribution in [1.29, 1.82) is 0 Å². The third-order valence-electron chi connectivity index (χ3n) is 3.76. The van der Waals surface area contributed by atoms with Gasteiger partial charge in [0.1, 0.15) is 5.82 Å². The lowest BCUT2D eigenvalue weighted by molar-refractivity contribution is -0.132. The van der Waals surface area contributed by atoms with E-state index in [1.54, 1.807) is 12.1 Å². The van der Waals surface area contributed by atoms with Crippen molar-refractivity contribution in [2.45, 2.75) is 32.7 Å². The molecule has 1 aliphatic heterocycles. The number of benzene rings is 1. The molecule has 1 aromatic heterocycles. The zero-order chi connectivity index (χ0) is 14.8. The second kappa shape index (κ2) is 5.68. The molecule has 0 N–H and O–H groups in total. The zero-order valence-corrected chi connectivity index (χ0v) is 11.9. The number of hydrogen-bond acceptors (Lipinski definition) is 3. The number of rotatable bonds is 3. The monoisotopic (exact) mass is 288 g/mol. The molecule has 1 aliphatic rings. The number of hydrogen-bond donors (Lipinski definition) is 0. The average Bonchev–Trinajstić information content (AvgIpc) is 2.91. The molecule has 21 heavy (non-hydrogen) atoms. The van der Waals surface area contributed by atoms with Gasteiger partial charge in [-0.15, -0.1) is 0 Å². The maximum absolute atomic E-state index is 13.0. The van der Waals surface area contributed by atoms with E-state index >= 15 is 0 Å². The largest absolute Gasteiger partial charge is 0.356 e. The molecule has 3 rings (SSSR count). The van der Waals surface area contributed by atoms with Crippen molar-refractivity contribution < 1.29 is 13.7 Å². The van der Waals surface area contributed by atoms with Gasteiger partial charge in [0.25, 0.3) is 0 Å². The Hall–Kier alpha value is -2.17. The van der Waals surface area contributed by atoms with Gasteiger partial charge in [0.2, 0.25) is 5.91 Å². The van der Waals surface area contributed by atoms with Crippen LogP contribution in [-0.2, 0) is 17.8 Å². The van der Waals surface area contributed by atoms with Crippen LogP contribution in [0.2, 0.25) is 0 Å². The van der Waals surface area contributed by atoms with Crippen molar-refractivity contribution >= 4 is 5.91 Å². The lowest BCUT2D eigenvalue weighted by Gasteiger charge is -2.26. The number of fused-ring (bicyclic) bond motifs is 1. The Balaban J connectivity index is 1.89. The molecule has 1 aromatic carbocycles. The van der Waals surface area contributed by atoms with Crippen LogP contribution < -0.4 is 0 Å². The summed E-state index contributed by atoms with van der Waals surface area (Å²) in [6.07, 6.45) is 2.11. The predicted octanol–water partition coefficient (Wildman–Crippen LogP) is 3.17. The molecule has 0 atom stereocenters. The number of amides is 1. The topological polar surface area (TPSA) is 46.3 Å². The number of halogens is 1. The van der Waals surface area contributed by atoms with E-state index < -0.39 is 0 Å². The van der Waals surface area contributed by atoms with Crippen molar-refractivity contribution in [3.63, 3.8) is 0 Å². The SMILES string of the molecule is CCCC(=O)N1CCc2noc(-c3ccc(F)cc3)c2C1. The van der Waals surface area contributed by atoms with Gasteiger partial charge in [0.15, 0.2) is 5.76 Å². The van der Waals surface area contributed by atoms with E-state index in [0.717, 1.165) is 23.2 Å². The van der Waals surface area contributed by atoms with E-state index in [4.69, 9.17) is 4.52 Å². The van der Waals surface area contributed by atoms with E-state index in [-0.39, 0.29) is 11.7 Å². The lowest BCUT2D eigenvalue weighted by Crippen LogP contribution is -2.35. The van der Waals surface area contributed by atoms with Crippen LogP contribution in [0.1, 0.15) is 31.0 Å². The first-order valence-electron chi connectivity index (χ1n) is 7.20. The molecule has 0 aliphatic carbocycles. The number of nitrogens with zero attached hydrogens (tertiary/aromatic N) is 2. The minimum absolute atomic E-state index is 0.161. The summed E-state index contributed by atoms with van der Waals surface area (Å²) in [5.41, 5.74) is 2.63. The van der Waals surface area contributed by atoms with Crippen LogP contribution in [-0.4, -0.2) is 22.5 Å². The van der Waals surface area contributed by atoms with Gasteiger partial charge in [0, 0.05) is 30.5 Å². The summed E-state index contributed by atoms with van der Waals surface area (Å²) in [6.45, 7) is 3.20. The third kappa shape index (κ3) is 2.68. The Kier molecular flexibility index (Phi) is 3.73. The second-order valence-electron chi connectivity index (χ2n) is 5.26. The summed E-state index contributed by atoms with van der Waals surface area (Å²) in [5, 5.41) is 4.09. The van der Waals surface area contributed by atoms with Crippen LogP contribution >= 0.6 is 0 Å². The summed E-state index contributed by atoms with van der Waals surface area (Å²) >= 11 is 0. The van der Waals surface area contributed by atoms with Crippen molar-refractivity contribution in [3.05, 3.63) is 41.3 Å². The van der Waals surface area contributed by atoms with Gasteiger partial charge in [-0.1, -0.05) is 12.1 Å². The maximum Gasteiger partial charge on any atom is 0.222 e. The molecule has 0 fully saturated rings. The summed E-state index contributed by atoms with van der Waals surface area (Å²) in [6, 6.07) is 6.13. The van der Waals surface area contributed by atoms with E-state index in [1.165, 1.54) is 12.1 Å². The van der Waals surface area contributed by atoms with Crippen LogP contribution in [0.5, 0.6) is 0 Å². The van der Waals surface area contributed by atoms with Crippen molar-refractivity contribution in [2.75, 3.05) is 6.54 Å². The van der Waals surface area contributed by atoms with Gasteiger partial charge < -0.3 is 9.42 Å². The molecule has 2 heterocycles. The molecule has 0 spiro atoms. The van der Waals surface area contributed by atoms with Gasteiger partial charge in [-0.05, 0) is 30.7 Å². The predicted molar refractivity (Wildman–Crippen MR) is 75.9 cm³/mol. The molecule has 0 radical (unpaired) electrons. The smallest absolute Gasteiger partial charge is 0.222 e. The van der Waals surface area contributed by atoms with Crippen LogP contribution in [0.25, 0.3) is 11.3 Å². The molecule has 5 heteroatoms. The van der Waals surface area contributed by atoms with E-state index in [2.05, 4.69) is 5.16 Å². The zero-order valence-electron chi connectivity index (χ0n) is 11.9. The van der Waals surface area contributed by atoms with Crippen molar-refractivity contribution in [3.8, 4) is 11.3 Å². The van der Waals surface area contributed by atoms with Crippen LogP contribution in [0.3, 0.4) is 0 Å². The highest BCUT2D eigenvalue weighted by molar-refractivity contribution is 5.77. The fourth-order valence-corrected chi connectivity index (χ4v) is 2.63. The van der Waals surface area contributed by atoms with Crippen molar-refractivity contribution in [2.24, 2.45) is 0 Å². The molecule has 0 bridgehead atoms. The van der Waals surface area contributed by atoms with E-state index in [9.17, 15) is 9.18 Å². The highest BCUT2D eigenvalue weighted by atomic mass is 19.1. The van der Waals surface area contributed by atoms with E-state index in [0.29, 0.717) is 31.7 Å². The summed E-state index contributed by atoms with van der Waals surface area (Å²) < 4.78 is 18.4. The maximum atomic E-state index is 13.0. The molecular formula is C16H17FN2O2. The second-order valence-corrected chi connectivity index (χ2v) is 5.26.